The summed E-state index contributed by atoms with van der Waals surface area (Å²) in [6.07, 6.45) is 0.939. The summed E-state index contributed by atoms with van der Waals surface area (Å²) >= 11 is 1.59. The van der Waals surface area contributed by atoms with Gasteiger partial charge in [-0.3, -0.25) is 4.90 Å². The number of urea groups is 1. The summed E-state index contributed by atoms with van der Waals surface area (Å²) in [4.78, 5) is 18.3. The van der Waals surface area contributed by atoms with Gasteiger partial charge in [0.05, 0.1) is 25.5 Å². The van der Waals surface area contributed by atoms with Gasteiger partial charge < -0.3 is 15.4 Å². The highest BCUT2D eigenvalue weighted by Crippen LogP contribution is 2.12. The lowest BCUT2D eigenvalue weighted by Gasteiger charge is -2.25. The summed E-state index contributed by atoms with van der Waals surface area (Å²) in [6.45, 7) is 7.61. The zero-order chi connectivity index (χ0) is 14.2. The van der Waals surface area contributed by atoms with E-state index in [-0.39, 0.29) is 6.03 Å². The normalized spacial score (nSPS) is 16.1. The molecule has 1 fully saturated rings. The molecule has 1 aliphatic rings. The number of nitrogens with one attached hydrogen (secondary N) is 2. The maximum Gasteiger partial charge on any atom is 0.315 e. The standard InChI is InChI=1S/C13H22N4O2S/c1-2-3-14-13(18)15-8-12-16-11(10-20-12)9-17-4-6-19-7-5-17/h10H,2-9H2,1H3,(H2,14,15,18). The minimum absolute atomic E-state index is 0.128. The van der Waals surface area contributed by atoms with E-state index in [1.54, 1.807) is 11.3 Å². The molecule has 6 nitrogen and oxygen atoms in total. The largest absolute Gasteiger partial charge is 0.379 e. The topological polar surface area (TPSA) is 66.5 Å². The Labute approximate surface area is 123 Å². The zero-order valence-electron chi connectivity index (χ0n) is 11.9. The average molecular weight is 298 g/mol. The number of carbonyl (C=O) groups is 1. The van der Waals surface area contributed by atoms with Crippen LogP contribution in [0.3, 0.4) is 0 Å². The molecule has 112 valence electrons. The first-order valence-corrected chi connectivity index (χ1v) is 7.91. The van der Waals surface area contributed by atoms with Gasteiger partial charge in [0.1, 0.15) is 5.01 Å². The van der Waals surface area contributed by atoms with Gasteiger partial charge in [0.25, 0.3) is 0 Å². The minimum Gasteiger partial charge on any atom is -0.379 e. The molecule has 1 aliphatic heterocycles. The first-order valence-electron chi connectivity index (χ1n) is 7.03. The Hall–Kier alpha value is -1.18. The number of thiazole rings is 1. The number of rotatable bonds is 6. The van der Waals surface area contributed by atoms with Crippen molar-refractivity contribution in [2.45, 2.75) is 26.4 Å². The van der Waals surface area contributed by atoms with E-state index >= 15 is 0 Å². The molecule has 0 atom stereocenters. The molecule has 7 heteroatoms. The molecule has 1 aromatic heterocycles. The third-order valence-corrected chi connectivity index (χ3v) is 3.92. The third kappa shape index (κ3) is 5.07. The fraction of sp³-hybridized carbons (Fsp3) is 0.692. The van der Waals surface area contributed by atoms with Crippen LogP contribution in [0.4, 0.5) is 4.79 Å². The van der Waals surface area contributed by atoms with E-state index in [4.69, 9.17) is 4.74 Å². The lowest BCUT2D eigenvalue weighted by molar-refractivity contribution is 0.0337. The highest BCUT2D eigenvalue weighted by Gasteiger charge is 2.12. The zero-order valence-corrected chi connectivity index (χ0v) is 12.7. The maximum absolute atomic E-state index is 11.4. The van der Waals surface area contributed by atoms with Gasteiger partial charge in [-0.1, -0.05) is 6.92 Å². The van der Waals surface area contributed by atoms with Crippen molar-refractivity contribution in [2.75, 3.05) is 32.8 Å². The van der Waals surface area contributed by atoms with Crippen molar-refractivity contribution in [2.24, 2.45) is 0 Å². The van der Waals surface area contributed by atoms with Gasteiger partial charge in [0.2, 0.25) is 0 Å². The molecular weight excluding hydrogens is 276 g/mol. The molecule has 1 aromatic rings. The number of amides is 2. The van der Waals surface area contributed by atoms with E-state index in [0.717, 1.165) is 50.0 Å². The summed E-state index contributed by atoms with van der Waals surface area (Å²) in [5.41, 5.74) is 1.07. The van der Waals surface area contributed by atoms with Crippen molar-refractivity contribution in [3.05, 3.63) is 16.1 Å². The fourth-order valence-corrected chi connectivity index (χ4v) is 2.67. The van der Waals surface area contributed by atoms with Crippen molar-refractivity contribution in [3.8, 4) is 0 Å². The van der Waals surface area contributed by atoms with Crippen molar-refractivity contribution in [3.63, 3.8) is 0 Å². The van der Waals surface area contributed by atoms with E-state index in [0.29, 0.717) is 13.1 Å². The van der Waals surface area contributed by atoms with Crippen LogP contribution in [0, 0.1) is 0 Å². The van der Waals surface area contributed by atoms with Crippen LogP contribution in [0.1, 0.15) is 24.0 Å². The van der Waals surface area contributed by atoms with Crippen molar-refractivity contribution >= 4 is 17.4 Å². The van der Waals surface area contributed by atoms with Gasteiger partial charge in [0.15, 0.2) is 0 Å². The van der Waals surface area contributed by atoms with Gasteiger partial charge in [-0.15, -0.1) is 11.3 Å². The molecule has 2 amide bonds. The molecule has 20 heavy (non-hydrogen) atoms. The average Bonchev–Trinajstić information content (AvgIpc) is 2.91. The van der Waals surface area contributed by atoms with Crippen LogP contribution in [0.25, 0.3) is 0 Å². The van der Waals surface area contributed by atoms with Gasteiger partial charge in [-0.2, -0.15) is 0 Å². The number of morpholine rings is 1. The number of nitrogens with zero attached hydrogens (tertiary/aromatic N) is 2. The van der Waals surface area contributed by atoms with Crippen LogP contribution in [-0.2, 0) is 17.8 Å². The van der Waals surface area contributed by atoms with Gasteiger partial charge in [0, 0.05) is 31.6 Å². The molecule has 0 bridgehead atoms. The molecular formula is C13H22N4O2S. The predicted molar refractivity (Wildman–Crippen MR) is 78.7 cm³/mol. The molecule has 2 heterocycles. The number of aromatic nitrogens is 1. The van der Waals surface area contributed by atoms with E-state index in [1.165, 1.54) is 0 Å². The second-order valence-corrected chi connectivity index (χ2v) is 5.67. The second-order valence-electron chi connectivity index (χ2n) is 4.73. The molecule has 0 saturated carbocycles. The Morgan fingerprint density at radius 3 is 3.00 bits per heavy atom. The Morgan fingerprint density at radius 2 is 2.25 bits per heavy atom. The third-order valence-electron chi connectivity index (χ3n) is 3.02. The molecule has 2 N–H and O–H groups in total. The van der Waals surface area contributed by atoms with Gasteiger partial charge in [-0.05, 0) is 6.42 Å². The van der Waals surface area contributed by atoms with Crippen LogP contribution in [0.5, 0.6) is 0 Å². The van der Waals surface area contributed by atoms with Crippen LogP contribution < -0.4 is 10.6 Å². The fourth-order valence-electron chi connectivity index (χ4n) is 1.95. The summed E-state index contributed by atoms with van der Waals surface area (Å²) in [5, 5.41) is 8.60. The number of carbonyl (C=O) groups excluding carboxylic acids is 1. The summed E-state index contributed by atoms with van der Waals surface area (Å²) < 4.78 is 5.33. The van der Waals surface area contributed by atoms with E-state index in [9.17, 15) is 4.79 Å². The molecule has 1 saturated heterocycles. The number of hydrogen-bond acceptors (Lipinski definition) is 5. The van der Waals surface area contributed by atoms with Crippen LogP contribution in [-0.4, -0.2) is 48.8 Å². The highest BCUT2D eigenvalue weighted by atomic mass is 32.1. The Balaban J connectivity index is 1.72. The molecule has 0 radical (unpaired) electrons. The number of ether oxygens (including phenoxy) is 1. The van der Waals surface area contributed by atoms with E-state index < -0.39 is 0 Å². The van der Waals surface area contributed by atoms with Gasteiger partial charge >= 0.3 is 6.03 Å². The van der Waals surface area contributed by atoms with Crippen LogP contribution in [0.15, 0.2) is 5.38 Å². The molecule has 0 unspecified atom stereocenters. The number of hydrogen-bond donors (Lipinski definition) is 2. The SMILES string of the molecule is CCCNC(=O)NCc1nc(CN2CCOCC2)cs1. The van der Waals surface area contributed by atoms with Crippen LogP contribution >= 0.6 is 11.3 Å². The van der Waals surface area contributed by atoms with Gasteiger partial charge in [-0.25, -0.2) is 9.78 Å². The highest BCUT2D eigenvalue weighted by molar-refractivity contribution is 7.09. The lowest BCUT2D eigenvalue weighted by atomic mass is 10.3. The van der Waals surface area contributed by atoms with Crippen LogP contribution in [0.2, 0.25) is 0 Å². The lowest BCUT2D eigenvalue weighted by Crippen LogP contribution is -2.36. The Bertz CT molecular complexity index is 418. The first kappa shape index (κ1) is 15.2. The van der Waals surface area contributed by atoms with Crippen molar-refractivity contribution in [1.82, 2.24) is 20.5 Å². The second kappa shape index (κ2) is 8.18. The summed E-state index contributed by atoms with van der Waals surface area (Å²) in [5.74, 6) is 0. The minimum atomic E-state index is -0.128. The molecule has 0 aliphatic carbocycles. The smallest absolute Gasteiger partial charge is 0.315 e. The molecule has 0 aromatic carbocycles. The summed E-state index contributed by atoms with van der Waals surface area (Å²) in [7, 11) is 0. The predicted octanol–water partition coefficient (Wildman–Crippen LogP) is 1.18. The van der Waals surface area contributed by atoms with E-state index in [2.05, 4.69) is 25.9 Å². The van der Waals surface area contributed by atoms with Crippen molar-refractivity contribution < 1.29 is 9.53 Å². The molecule has 0 spiro atoms. The van der Waals surface area contributed by atoms with E-state index in [1.807, 2.05) is 6.92 Å². The monoisotopic (exact) mass is 298 g/mol. The summed E-state index contributed by atoms with van der Waals surface area (Å²) in [6, 6.07) is -0.128. The Kier molecular flexibility index (Phi) is 6.23. The van der Waals surface area contributed by atoms with Crippen molar-refractivity contribution in [1.29, 1.82) is 0 Å². The Morgan fingerprint density at radius 1 is 1.45 bits per heavy atom. The first-order chi connectivity index (χ1) is 9.78. The maximum atomic E-state index is 11.4. The molecule has 2 rings (SSSR count). The quantitative estimate of drug-likeness (QED) is 0.828.